The number of aromatic nitrogens is 1. The summed E-state index contributed by atoms with van der Waals surface area (Å²) in [6, 6.07) is 11.3. The highest BCUT2D eigenvalue weighted by Gasteiger charge is 2.23. The molecule has 0 unspecified atom stereocenters. The van der Waals surface area contributed by atoms with Crippen LogP contribution in [0.15, 0.2) is 64.6 Å². The quantitative estimate of drug-likeness (QED) is 0.610. The van der Waals surface area contributed by atoms with Crippen molar-refractivity contribution in [2.24, 2.45) is 4.99 Å². The predicted octanol–water partition coefficient (Wildman–Crippen LogP) is 4.87. The molecule has 2 aromatic carbocycles. The Morgan fingerprint density at radius 1 is 0.964 bits per heavy atom. The van der Waals surface area contributed by atoms with Gasteiger partial charge in [-0.15, -0.1) is 0 Å². The van der Waals surface area contributed by atoms with Crippen LogP contribution in [0.5, 0.6) is 11.5 Å². The van der Waals surface area contributed by atoms with Crippen molar-refractivity contribution in [3.63, 3.8) is 0 Å². The lowest BCUT2D eigenvalue weighted by Gasteiger charge is -2.23. The first kappa shape index (κ1) is 18.2. The fourth-order valence-electron chi connectivity index (χ4n) is 2.49. The molecule has 4 rings (SSSR count). The van der Waals surface area contributed by atoms with Crippen molar-refractivity contribution < 1.29 is 17.9 Å². The third kappa shape index (κ3) is 3.74. The Morgan fingerprint density at radius 2 is 1.79 bits per heavy atom. The molecule has 2 heterocycles. The summed E-state index contributed by atoms with van der Waals surface area (Å²) in [4.78, 5) is 8.80. The smallest absolute Gasteiger partial charge is 0.206 e. The van der Waals surface area contributed by atoms with Gasteiger partial charge in [0.1, 0.15) is 11.5 Å². The van der Waals surface area contributed by atoms with Crippen LogP contribution in [0.3, 0.4) is 0 Å². The minimum Gasteiger partial charge on any atom is -0.449 e. The summed E-state index contributed by atoms with van der Waals surface area (Å²) < 4.78 is 50.4. The molecule has 5 nitrogen and oxygen atoms in total. The Hall–Kier alpha value is -3.20. The largest absolute Gasteiger partial charge is 0.449 e. The Balaban J connectivity index is 1.62. The first-order valence-electron chi connectivity index (χ1n) is 8.20. The zero-order valence-corrected chi connectivity index (χ0v) is 15.1. The number of guanidine groups is 1. The molecule has 0 saturated heterocycles. The van der Waals surface area contributed by atoms with E-state index in [9.17, 15) is 13.2 Å². The lowest BCUT2D eigenvalue weighted by Crippen LogP contribution is -2.30. The van der Waals surface area contributed by atoms with Crippen LogP contribution < -0.4 is 14.8 Å². The second kappa shape index (κ2) is 7.81. The average molecular weight is 402 g/mol. The number of benzene rings is 2. The number of rotatable bonds is 4. The van der Waals surface area contributed by atoms with E-state index < -0.39 is 17.5 Å². The summed E-state index contributed by atoms with van der Waals surface area (Å²) in [5.41, 5.74) is 0.476. The number of hydrogen-bond donors (Lipinski definition) is 2. The lowest BCUT2D eigenvalue weighted by atomic mass is 10.2. The number of fused-ring (bicyclic) bond motifs is 1. The van der Waals surface area contributed by atoms with Crippen LogP contribution in [0.2, 0.25) is 0 Å². The third-order valence-corrected chi connectivity index (χ3v) is 4.70. The Bertz CT molecular complexity index is 1060. The molecule has 0 saturated carbocycles. The minimum atomic E-state index is -0.660. The SMILES string of the molecule is Fc1ccccc1Oc1c(F)ccc2c1NC(=NCc1ncccc1F)NS2. The molecule has 0 atom stereocenters. The number of aliphatic imine (C=N–C) groups is 1. The van der Waals surface area contributed by atoms with Crippen LogP contribution in [0.4, 0.5) is 18.9 Å². The van der Waals surface area contributed by atoms with Gasteiger partial charge in [-0.3, -0.25) is 9.71 Å². The van der Waals surface area contributed by atoms with Crippen molar-refractivity contribution in [1.29, 1.82) is 0 Å². The van der Waals surface area contributed by atoms with E-state index in [0.29, 0.717) is 10.6 Å². The topological polar surface area (TPSA) is 58.5 Å². The number of halogens is 3. The van der Waals surface area contributed by atoms with Gasteiger partial charge in [-0.05, 0) is 48.3 Å². The molecule has 0 amide bonds. The maximum Gasteiger partial charge on any atom is 0.206 e. The van der Waals surface area contributed by atoms with Crippen molar-refractivity contribution in [2.75, 3.05) is 5.32 Å². The van der Waals surface area contributed by atoms with E-state index in [4.69, 9.17) is 4.74 Å². The van der Waals surface area contributed by atoms with Gasteiger partial charge in [0.25, 0.3) is 0 Å². The van der Waals surface area contributed by atoms with Gasteiger partial charge in [0.05, 0.1) is 17.1 Å². The molecule has 9 heteroatoms. The van der Waals surface area contributed by atoms with Crippen LogP contribution in [0.25, 0.3) is 0 Å². The average Bonchev–Trinajstić information content (AvgIpc) is 2.71. The highest BCUT2D eigenvalue weighted by molar-refractivity contribution is 7.98. The Labute approximate surface area is 162 Å². The molecule has 2 N–H and O–H groups in total. The summed E-state index contributed by atoms with van der Waals surface area (Å²) in [7, 11) is 0. The number of anilines is 1. The second-order valence-electron chi connectivity index (χ2n) is 5.71. The van der Waals surface area contributed by atoms with Gasteiger partial charge in [0.15, 0.2) is 23.1 Å². The van der Waals surface area contributed by atoms with Gasteiger partial charge in [0.2, 0.25) is 5.96 Å². The van der Waals surface area contributed by atoms with E-state index >= 15 is 0 Å². The highest BCUT2D eigenvalue weighted by Crippen LogP contribution is 2.41. The maximum absolute atomic E-state index is 14.4. The highest BCUT2D eigenvalue weighted by atomic mass is 32.2. The van der Waals surface area contributed by atoms with E-state index in [2.05, 4.69) is 20.0 Å². The van der Waals surface area contributed by atoms with Crippen LogP contribution >= 0.6 is 11.9 Å². The molecule has 1 aliphatic heterocycles. The van der Waals surface area contributed by atoms with E-state index in [1.807, 2.05) is 0 Å². The summed E-state index contributed by atoms with van der Waals surface area (Å²) >= 11 is 1.18. The van der Waals surface area contributed by atoms with Crippen LogP contribution in [-0.4, -0.2) is 10.9 Å². The predicted molar refractivity (Wildman–Crippen MR) is 101 cm³/mol. The Morgan fingerprint density at radius 3 is 2.61 bits per heavy atom. The van der Waals surface area contributed by atoms with Crippen LogP contribution in [0, 0.1) is 17.5 Å². The van der Waals surface area contributed by atoms with Crippen molar-refractivity contribution in [3.8, 4) is 11.5 Å². The zero-order chi connectivity index (χ0) is 19.5. The van der Waals surface area contributed by atoms with Crippen molar-refractivity contribution in [2.45, 2.75) is 11.4 Å². The molecule has 142 valence electrons. The molecule has 0 fully saturated rings. The summed E-state index contributed by atoms with van der Waals surface area (Å²) in [5, 5.41) is 2.92. The molecule has 28 heavy (non-hydrogen) atoms. The monoisotopic (exact) mass is 402 g/mol. The molecule has 0 bridgehead atoms. The minimum absolute atomic E-state index is 0.0171. The summed E-state index contributed by atoms with van der Waals surface area (Å²) in [5.74, 6) is -1.73. The molecule has 0 spiro atoms. The standard InChI is InChI=1S/C19H13F3N4OS/c20-11-5-3-9-23-14(11)10-24-19-25-17-16(28-26-19)8-7-13(22)18(17)27-15-6-2-1-4-12(15)21/h1-9H,10H2,(H2,24,25,26). The van der Waals surface area contributed by atoms with Crippen molar-refractivity contribution >= 4 is 23.6 Å². The Kier molecular flexibility index (Phi) is 5.07. The van der Waals surface area contributed by atoms with Gasteiger partial charge in [0, 0.05) is 6.20 Å². The van der Waals surface area contributed by atoms with E-state index in [0.717, 1.165) is 0 Å². The molecular formula is C19H13F3N4OS. The van der Waals surface area contributed by atoms with Gasteiger partial charge in [-0.25, -0.2) is 18.2 Å². The fourth-order valence-corrected chi connectivity index (χ4v) is 3.19. The molecule has 3 aromatic rings. The molecular weight excluding hydrogens is 389 g/mol. The van der Waals surface area contributed by atoms with Crippen molar-refractivity contribution in [1.82, 2.24) is 9.71 Å². The van der Waals surface area contributed by atoms with Gasteiger partial charge >= 0.3 is 0 Å². The third-order valence-electron chi connectivity index (χ3n) is 3.84. The van der Waals surface area contributed by atoms with Gasteiger partial charge in [-0.2, -0.15) is 0 Å². The molecule has 1 aliphatic rings. The normalized spacial score (nSPS) is 14.2. The number of nitrogens with zero attached hydrogens (tertiary/aromatic N) is 2. The van der Waals surface area contributed by atoms with Crippen LogP contribution in [-0.2, 0) is 6.54 Å². The molecule has 0 radical (unpaired) electrons. The second-order valence-corrected chi connectivity index (χ2v) is 6.56. The first-order chi connectivity index (χ1) is 13.6. The van der Waals surface area contributed by atoms with Crippen LogP contribution in [0.1, 0.15) is 5.69 Å². The maximum atomic E-state index is 14.4. The number of nitrogens with one attached hydrogen (secondary N) is 2. The molecule has 0 aliphatic carbocycles. The number of ether oxygens (including phenoxy) is 1. The van der Waals surface area contributed by atoms with Crippen molar-refractivity contribution in [3.05, 3.63) is 77.9 Å². The van der Waals surface area contributed by atoms with Gasteiger partial charge < -0.3 is 10.1 Å². The van der Waals surface area contributed by atoms with E-state index in [1.54, 1.807) is 12.1 Å². The first-order valence-corrected chi connectivity index (χ1v) is 9.02. The molecule has 1 aromatic heterocycles. The number of hydrogen-bond acceptors (Lipinski definition) is 4. The number of pyridine rings is 1. The number of para-hydroxylation sites is 1. The summed E-state index contributed by atoms with van der Waals surface area (Å²) in [6.45, 7) is -0.0171. The van der Waals surface area contributed by atoms with Gasteiger partial charge in [-0.1, -0.05) is 12.1 Å². The zero-order valence-electron chi connectivity index (χ0n) is 14.2. The fraction of sp³-hybridized carbons (Fsp3) is 0.0526. The lowest BCUT2D eigenvalue weighted by molar-refractivity contribution is 0.415. The van der Waals surface area contributed by atoms with E-state index in [-0.39, 0.29) is 29.7 Å². The van der Waals surface area contributed by atoms with E-state index in [1.165, 1.54) is 54.5 Å². The summed E-state index contributed by atoms with van der Waals surface area (Å²) in [6.07, 6.45) is 1.47.